The van der Waals surface area contributed by atoms with Crippen molar-refractivity contribution in [2.45, 2.75) is 6.92 Å². The van der Waals surface area contributed by atoms with Crippen LogP contribution in [0.25, 0.3) is 0 Å². The lowest BCUT2D eigenvalue weighted by Gasteiger charge is -2.15. The summed E-state index contributed by atoms with van der Waals surface area (Å²) in [5.74, 6) is -0.211. The summed E-state index contributed by atoms with van der Waals surface area (Å²) in [6.45, 7) is 1.96. The molecular formula is C16H18ClN3O. The highest BCUT2D eigenvalue weighted by molar-refractivity contribution is 6.33. The number of halogens is 1. The highest BCUT2D eigenvalue weighted by Crippen LogP contribution is 2.23. The van der Waals surface area contributed by atoms with Crippen LogP contribution in [-0.4, -0.2) is 20.0 Å². The van der Waals surface area contributed by atoms with Gasteiger partial charge in [0.1, 0.15) is 0 Å². The van der Waals surface area contributed by atoms with Gasteiger partial charge < -0.3 is 16.0 Å². The monoisotopic (exact) mass is 303 g/mol. The number of carbonyl (C=O) groups is 1. The first-order chi connectivity index (χ1) is 9.88. The Bertz CT molecular complexity index is 683. The lowest BCUT2D eigenvalue weighted by atomic mass is 10.1. The fraction of sp³-hybridized carbons (Fsp3) is 0.188. The maximum Gasteiger partial charge on any atom is 0.255 e. The van der Waals surface area contributed by atoms with Gasteiger partial charge in [-0.05, 0) is 48.9 Å². The van der Waals surface area contributed by atoms with E-state index >= 15 is 0 Å². The van der Waals surface area contributed by atoms with Crippen LogP contribution in [0.1, 0.15) is 15.9 Å². The zero-order valence-electron chi connectivity index (χ0n) is 12.3. The molecule has 2 aromatic rings. The number of nitrogen functional groups attached to an aromatic ring is 1. The summed E-state index contributed by atoms with van der Waals surface area (Å²) in [6, 6.07) is 10.7. The number of nitrogens with one attached hydrogen (secondary N) is 1. The Balaban J connectivity index is 2.21. The molecule has 21 heavy (non-hydrogen) atoms. The summed E-state index contributed by atoms with van der Waals surface area (Å²) < 4.78 is 0. The van der Waals surface area contributed by atoms with Crippen molar-refractivity contribution in [1.82, 2.24) is 0 Å². The van der Waals surface area contributed by atoms with Gasteiger partial charge in [0.05, 0.1) is 10.7 Å². The number of nitrogens with zero attached hydrogens (tertiary/aromatic N) is 1. The van der Waals surface area contributed by atoms with E-state index in [2.05, 4.69) is 5.32 Å². The summed E-state index contributed by atoms with van der Waals surface area (Å²) in [7, 11) is 3.95. The maximum atomic E-state index is 12.2. The van der Waals surface area contributed by atoms with Crippen molar-refractivity contribution in [2.24, 2.45) is 0 Å². The van der Waals surface area contributed by atoms with Gasteiger partial charge in [0.25, 0.3) is 5.91 Å². The van der Waals surface area contributed by atoms with E-state index in [1.54, 1.807) is 18.2 Å². The molecule has 0 spiro atoms. The molecule has 1 amide bonds. The van der Waals surface area contributed by atoms with Crippen LogP contribution in [0.15, 0.2) is 36.4 Å². The van der Waals surface area contributed by atoms with Gasteiger partial charge in [-0.2, -0.15) is 0 Å². The second-order valence-corrected chi connectivity index (χ2v) is 5.49. The van der Waals surface area contributed by atoms with E-state index in [1.165, 1.54) is 0 Å². The number of amides is 1. The minimum absolute atomic E-state index is 0.211. The smallest absolute Gasteiger partial charge is 0.255 e. The number of carbonyl (C=O) groups excluding carboxylic acids is 1. The third-order valence-electron chi connectivity index (χ3n) is 3.24. The number of hydrogen-bond acceptors (Lipinski definition) is 3. The van der Waals surface area contributed by atoms with Crippen molar-refractivity contribution in [3.05, 3.63) is 52.5 Å². The molecule has 0 aliphatic rings. The summed E-state index contributed by atoms with van der Waals surface area (Å²) in [5.41, 5.74) is 9.43. The first kappa shape index (κ1) is 15.2. The molecule has 0 saturated carbocycles. The normalized spacial score (nSPS) is 10.3. The largest absolute Gasteiger partial charge is 0.398 e. The summed E-state index contributed by atoms with van der Waals surface area (Å²) in [6.07, 6.45) is 0. The van der Waals surface area contributed by atoms with Gasteiger partial charge in [0.15, 0.2) is 0 Å². The molecule has 0 atom stereocenters. The standard InChI is InChI=1S/C16H18ClN3O/c1-10-8-12(20(2)3)5-7-15(10)19-16(21)11-4-6-14(18)13(17)9-11/h4-9H,18H2,1-3H3,(H,19,21). The van der Waals surface area contributed by atoms with E-state index in [-0.39, 0.29) is 5.91 Å². The third kappa shape index (κ3) is 3.47. The number of rotatable bonds is 3. The first-order valence-corrected chi connectivity index (χ1v) is 6.90. The van der Waals surface area contributed by atoms with Crippen LogP contribution in [-0.2, 0) is 0 Å². The maximum absolute atomic E-state index is 12.2. The molecule has 0 aliphatic heterocycles. The Labute approximate surface area is 129 Å². The predicted octanol–water partition coefficient (Wildman–Crippen LogP) is 3.55. The molecule has 0 aliphatic carbocycles. The Morgan fingerprint density at radius 2 is 1.90 bits per heavy atom. The van der Waals surface area contributed by atoms with E-state index < -0.39 is 0 Å². The fourth-order valence-corrected chi connectivity index (χ4v) is 2.11. The molecule has 2 aromatic carbocycles. The highest BCUT2D eigenvalue weighted by atomic mass is 35.5. The van der Waals surface area contributed by atoms with Crippen molar-refractivity contribution < 1.29 is 4.79 Å². The van der Waals surface area contributed by atoms with E-state index in [0.717, 1.165) is 16.9 Å². The van der Waals surface area contributed by atoms with Crippen LogP contribution >= 0.6 is 11.6 Å². The lowest BCUT2D eigenvalue weighted by Crippen LogP contribution is -2.14. The molecule has 2 rings (SSSR count). The second-order valence-electron chi connectivity index (χ2n) is 5.08. The number of benzene rings is 2. The minimum atomic E-state index is -0.211. The van der Waals surface area contributed by atoms with E-state index in [9.17, 15) is 4.79 Å². The fourth-order valence-electron chi connectivity index (χ4n) is 1.93. The summed E-state index contributed by atoms with van der Waals surface area (Å²) in [4.78, 5) is 14.2. The van der Waals surface area contributed by atoms with Crippen molar-refractivity contribution >= 4 is 34.6 Å². The average molecular weight is 304 g/mol. The summed E-state index contributed by atoms with van der Waals surface area (Å²) >= 11 is 5.94. The molecule has 5 heteroatoms. The van der Waals surface area contributed by atoms with Crippen LogP contribution in [0.3, 0.4) is 0 Å². The quantitative estimate of drug-likeness (QED) is 0.853. The highest BCUT2D eigenvalue weighted by Gasteiger charge is 2.10. The first-order valence-electron chi connectivity index (χ1n) is 6.53. The van der Waals surface area contributed by atoms with Gasteiger partial charge in [0.2, 0.25) is 0 Å². The van der Waals surface area contributed by atoms with Crippen molar-refractivity contribution in [1.29, 1.82) is 0 Å². The van der Waals surface area contributed by atoms with Gasteiger partial charge in [-0.3, -0.25) is 4.79 Å². The molecular weight excluding hydrogens is 286 g/mol. The van der Waals surface area contributed by atoms with Gasteiger partial charge in [-0.25, -0.2) is 0 Å². The van der Waals surface area contributed by atoms with Crippen molar-refractivity contribution in [3.8, 4) is 0 Å². The zero-order chi connectivity index (χ0) is 15.6. The van der Waals surface area contributed by atoms with E-state index in [0.29, 0.717) is 16.3 Å². The third-order valence-corrected chi connectivity index (χ3v) is 3.56. The minimum Gasteiger partial charge on any atom is -0.398 e. The second kappa shape index (κ2) is 6.06. The number of hydrogen-bond donors (Lipinski definition) is 2. The molecule has 110 valence electrons. The molecule has 3 N–H and O–H groups in total. The van der Waals surface area contributed by atoms with Crippen LogP contribution in [0.4, 0.5) is 17.1 Å². The van der Waals surface area contributed by atoms with Gasteiger partial charge in [0, 0.05) is 31.0 Å². The van der Waals surface area contributed by atoms with E-state index in [1.807, 2.05) is 44.1 Å². The Morgan fingerprint density at radius 3 is 2.48 bits per heavy atom. The number of nitrogens with two attached hydrogens (primary N) is 1. The Morgan fingerprint density at radius 1 is 1.19 bits per heavy atom. The number of anilines is 3. The molecule has 4 nitrogen and oxygen atoms in total. The van der Waals surface area contributed by atoms with Gasteiger partial charge in [-0.1, -0.05) is 11.6 Å². The Kier molecular flexibility index (Phi) is 4.38. The topological polar surface area (TPSA) is 58.4 Å². The number of aryl methyl sites for hydroxylation is 1. The van der Waals surface area contributed by atoms with Gasteiger partial charge in [-0.15, -0.1) is 0 Å². The molecule has 0 saturated heterocycles. The van der Waals surface area contributed by atoms with E-state index in [4.69, 9.17) is 17.3 Å². The Hall–Kier alpha value is -2.20. The van der Waals surface area contributed by atoms with Crippen LogP contribution < -0.4 is 16.0 Å². The lowest BCUT2D eigenvalue weighted by molar-refractivity contribution is 0.102. The molecule has 0 heterocycles. The van der Waals surface area contributed by atoms with Crippen LogP contribution in [0, 0.1) is 6.92 Å². The van der Waals surface area contributed by atoms with Crippen molar-refractivity contribution in [3.63, 3.8) is 0 Å². The molecule has 0 radical (unpaired) electrons. The summed E-state index contributed by atoms with van der Waals surface area (Å²) in [5, 5.41) is 3.26. The average Bonchev–Trinajstić information content (AvgIpc) is 2.43. The predicted molar refractivity (Wildman–Crippen MR) is 89.3 cm³/mol. The molecule has 0 fully saturated rings. The van der Waals surface area contributed by atoms with Crippen LogP contribution in [0.5, 0.6) is 0 Å². The zero-order valence-corrected chi connectivity index (χ0v) is 13.0. The molecule has 0 unspecified atom stereocenters. The van der Waals surface area contributed by atoms with Crippen molar-refractivity contribution in [2.75, 3.05) is 30.0 Å². The SMILES string of the molecule is Cc1cc(N(C)C)ccc1NC(=O)c1ccc(N)c(Cl)c1. The van der Waals surface area contributed by atoms with Crippen LogP contribution in [0.2, 0.25) is 5.02 Å². The van der Waals surface area contributed by atoms with Gasteiger partial charge >= 0.3 is 0 Å². The molecule has 0 aromatic heterocycles. The molecule has 0 bridgehead atoms.